The fourth-order valence-corrected chi connectivity index (χ4v) is 3.26. The Bertz CT molecular complexity index is 798. The molecule has 2 N–H and O–H groups in total. The van der Waals surface area contributed by atoms with Crippen LogP contribution in [0.2, 0.25) is 0 Å². The second-order valence-electron chi connectivity index (χ2n) is 6.42. The van der Waals surface area contributed by atoms with Gasteiger partial charge in [0.2, 0.25) is 5.91 Å². The number of benzene rings is 1. The number of amides is 2. The molecular weight excluding hydrogens is 308 g/mol. The van der Waals surface area contributed by atoms with E-state index in [1.807, 2.05) is 25.1 Å². The Labute approximate surface area is 138 Å². The zero-order chi connectivity index (χ0) is 16.8. The number of anilines is 2. The quantitative estimate of drug-likeness (QED) is 0.888. The predicted molar refractivity (Wildman–Crippen MR) is 89.1 cm³/mol. The summed E-state index contributed by atoms with van der Waals surface area (Å²) >= 11 is 0. The second-order valence-corrected chi connectivity index (χ2v) is 6.42. The highest BCUT2D eigenvalue weighted by Gasteiger charge is 2.41. The van der Waals surface area contributed by atoms with Crippen molar-refractivity contribution in [3.8, 4) is 11.1 Å². The first-order chi connectivity index (χ1) is 11.6. The van der Waals surface area contributed by atoms with Gasteiger partial charge in [-0.05, 0) is 37.5 Å². The minimum absolute atomic E-state index is 0.0882. The smallest absolute Gasteiger partial charge is 0.411 e. The molecule has 1 fully saturated rings. The fraction of sp³-hybridized carbons (Fsp3) is 0.353. The number of rotatable bonds is 2. The van der Waals surface area contributed by atoms with Gasteiger partial charge in [-0.3, -0.25) is 14.8 Å². The van der Waals surface area contributed by atoms with Crippen LogP contribution in [0.15, 0.2) is 30.6 Å². The Hall–Kier alpha value is -2.83. The van der Waals surface area contributed by atoms with Gasteiger partial charge in [-0.1, -0.05) is 6.07 Å². The number of carboxylic acid groups (broad SMARTS) is 1. The van der Waals surface area contributed by atoms with E-state index in [4.69, 9.17) is 0 Å². The highest BCUT2D eigenvalue weighted by Crippen LogP contribution is 2.42. The maximum Gasteiger partial charge on any atom is 0.411 e. The summed E-state index contributed by atoms with van der Waals surface area (Å²) in [5.41, 5.74) is 2.96. The molecule has 1 aromatic heterocycles. The molecule has 24 heavy (non-hydrogen) atoms. The summed E-state index contributed by atoms with van der Waals surface area (Å²) in [5, 5.41) is 16.3. The standard InChI is InChI=1S/C17H18N4O3/c1-10-9-20(17(23)24)15-6-12(13-7-18-19-8-13)4-5-14(15)21(10)16(22)11-2-3-11/h4-8,10-11H,2-3,9H2,1H3,(H,18,19)(H,23,24)/t10-/m0/s1. The summed E-state index contributed by atoms with van der Waals surface area (Å²) in [5.74, 6) is 0.190. The van der Waals surface area contributed by atoms with Gasteiger partial charge in [0, 0.05) is 24.2 Å². The number of aromatic nitrogens is 2. The Morgan fingerprint density at radius 1 is 1.25 bits per heavy atom. The number of hydrogen-bond donors (Lipinski definition) is 2. The normalized spacial score (nSPS) is 20.0. The minimum Gasteiger partial charge on any atom is -0.465 e. The van der Waals surface area contributed by atoms with E-state index in [9.17, 15) is 14.7 Å². The van der Waals surface area contributed by atoms with Gasteiger partial charge >= 0.3 is 6.09 Å². The van der Waals surface area contributed by atoms with Crippen molar-refractivity contribution in [2.24, 2.45) is 5.92 Å². The molecule has 0 bridgehead atoms. The minimum atomic E-state index is -1.01. The summed E-state index contributed by atoms with van der Waals surface area (Å²) in [4.78, 5) is 27.4. The Morgan fingerprint density at radius 3 is 2.67 bits per heavy atom. The van der Waals surface area contributed by atoms with Crippen LogP contribution in [0.25, 0.3) is 11.1 Å². The van der Waals surface area contributed by atoms with Crippen LogP contribution >= 0.6 is 0 Å². The number of aromatic amines is 1. The molecule has 1 aromatic carbocycles. The van der Waals surface area contributed by atoms with Gasteiger partial charge in [0.15, 0.2) is 0 Å². The van der Waals surface area contributed by atoms with Gasteiger partial charge in [-0.25, -0.2) is 4.79 Å². The SMILES string of the molecule is C[C@H]1CN(C(=O)O)c2cc(-c3cn[nH]c3)ccc2N1C(=O)C1CC1. The monoisotopic (exact) mass is 326 g/mol. The van der Waals surface area contributed by atoms with Crippen molar-refractivity contribution >= 4 is 23.4 Å². The highest BCUT2D eigenvalue weighted by atomic mass is 16.4. The molecule has 0 spiro atoms. The van der Waals surface area contributed by atoms with Gasteiger partial charge < -0.3 is 10.0 Å². The third-order valence-electron chi connectivity index (χ3n) is 4.64. The molecule has 1 atom stereocenters. The van der Waals surface area contributed by atoms with Crippen molar-refractivity contribution in [3.05, 3.63) is 30.6 Å². The van der Waals surface area contributed by atoms with Crippen LogP contribution < -0.4 is 9.80 Å². The van der Waals surface area contributed by atoms with Gasteiger partial charge in [0.05, 0.1) is 23.6 Å². The molecule has 7 heteroatoms. The van der Waals surface area contributed by atoms with Crippen LogP contribution in [-0.2, 0) is 4.79 Å². The predicted octanol–water partition coefficient (Wildman–Crippen LogP) is 2.71. The Kier molecular flexibility index (Phi) is 3.30. The van der Waals surface area contributed by atoms with Crippen LogP contribution in [0, 0.1) is 5.92 Å². The van der Waals surface area contributed by atoms with Crippen molar-refractivity contribution in [1.29, 1.82) is 0 Å². The first-order valence-corrected chi connectivity index (χ1v) is 8.03. The molecule has 1 aliphatic heterocycles. The molecule has 0 unspecified atom stereocenters. The number of fused-ring (bicyclic) bond motifs is 1. The topological polar surface area (TPSA) is 89.5 Å². The van der Waals surface area contributed by atoms with E-state index >= 15 is 0 Å². The summed E-state index contributed by atoms with van der Waals surface area (Å²) in [6.45, 7) is 2.17. The molecule has 2 heterocycles. The molecule has 1 aliphatic carbocycles. The van der Waals surface area contributed by atoms with Crippen LogP contribution in [-0.4, -0.2) is 39.9 Å². The molecule has 0 radical (unpaired) electrons. The number of H-pyrrole nitrogens is 1. The second kappa shape index (κ2) is 5.36. The van der Waals surface area contributed by atoms with E-state index in [-0.39, 0.29) is 24.4 Å². The van der Waals surface area contributed by atoms with E-state index in [0.29, 0.717) is 11.4 Å². The van der Waals surface area contributed by atoms with Gasteiger partial charge in [-0.15, -0.1) is 0 Å². The van der Waals surface area contributed by atoms with Crippen LogP contribution in [0.5, 0.6) is 0 Å². The first-order valence-electron chi connectivity index (χ1n) is 8.03. The van der Waals surface area contributed by atoms with E-state index in [0.717, 1.165) is 24.0 Å². The van der Waals surface area contributed by atoms with Crippen molar-refractivity contribution in [2.45, 2.75) is 25.8 Å². The summed E-state index contributed by atoms with van der Waals surface area (Å²) in [6, 6.07) is 5.37. The van der Waals surface area contributed by atoms with Crippen molar-refractivity contribution < 1.29 is 14.7 Å². The van der Waals surface area contributed by atoms with Crippen LogP contribution in [0.1, 0.15) is 19.8 Å². The Balaban J connectivity index is 1.82. The summed E-state index contributed by atoms with van der Waals surface area (Å²) in [6.07, 6.45) is 4.28. The Morgan fingerprint density at radius 2 is 2.04 bits per heavy atom. The number of carbonyl (C=O) groups is 2. The van der Waals surface area contributed by atoms with E-state index < -0.39 is 6.09 Å². The van der Waals surface area contributed by atoms with E-state index in [1.54, 1.807) is 17.3 Å². The summed E-state index contributed by atoms with van der Waals surface area (Å²) < 4.78 is 0. The lowest BCUT2D eigenvalue weighted by atomic mass is 10.0. The lowest BCUT2D eigenvalue weighted by Crippen LogP contribution is -2.52. The molecule has 2 aliphatic rings. The van der Waals surface area contributed by atoms with Crippen LogP contribution in [0.3, 0.4) is 0 Å². The molecule has 2 amide bonds. The van der Waals surface area contributed by atoms with Crippen molar-refractivity contribution in [2.75, 3.05) is 16.3 Å². The van der Waals surface area contributed by atoms with Crippen molar-refractivity contribution in [3.63, 3.8) is 0 Å². The first kappa shape index (κ1) is 14.7. The third kappa shape index (κ3) is 2.33. The number of hydrogen-bond acceptors (Lipinski definition) is 3. The van der Waals surface area contributed by atoms with E-state index in [1.165, 1.54) is 4.90 Å². The molecule has 4 rings (SSSR count). The molecule has 7 nitrogen and oxygen atoms in total. The number of nitrogens with one attached hydrogen (secondary N) is 1. The number of carbonyl (C=O) groups excluding carboxylic acids is 1. The maximum absolute atomic E-state index is 12.7. The van der Waals surface area contributed by atoms with Crippen LogP contribution in [0.4, 0.5) is 16.2 Å². The van der Waals surface area contributed by atoms with Gasteiger partial charge in [-0.2, -0.15) is 5.10 Å². The molecule has 0 saturated heterocycles. The van der Waals surface area contributed by atoms with Gasteiger partial charge in [0.1, 0.15) is 0 Å². The molecule has 124 valence electrons. The average molecular weight is 326 g/mol. The molecular formula is C17H18N4O3. The molecule has 1 saturated carbocycles. The zero-order valence-electron chi connectivity index (χ0n) is 13.3. The zero-order valence-corrected chi connectivity index (χ0v) is 13.3. The fourth-order valence-electron chi connectivity index (χ4n) is 3.26. The number of nitrogens with zero attached hydrogens (tertiary/aromatic N) is 3. The molecule has 2 aromatic rings. The van der Waals surface area contributed by atoms with E-state index in [2.05, 4.69) is 10.2 Å². The lowest BCUT2D eigenvalue weighted by molar-refractivity contribution is -0.120. The van der Waals surface area contributed by atoms with Crippen molar-refractivity contribution in [1.82, 2.24) is 10.2 Å². The maximum atomic E-state index is 12.7. The lowest BCUT2D eigenvalue weighted by Gasteiger charge is -2.40. The summed E-state index contributed by atoms with van der Waals surface area (Å²) in [7, 11) is 0. The third-order valence-corrected chi connectivity index (χ3v) is 4.64. The van der Waals surface area contributed by atoms with Gasteiger partial charge in [0.25, 0.3) is 0 Å². The largest absolute Gasteiger partial charge is 0.465 e. The average Bonchev–Trinajstić information content (AvgIpc) is 3.27. The highest BCUT2D eigenvalue weighted by molar-refractivity contribution is 6.04.